The highest BCUT2D eigenvalue weighted by Gasteiger charge is 2.30. The van der Waals surface area contributed by atoms with Gasteiger partial charge in [-0.15, -0.1) is 12.3 Å². The van der Waals surface area contributed by atoms with Crippen molar-refractivity contribution < 1.29 is 9.90 Å². The fourth-order valence-corrected chi connectivity index (χ4v) is 1.77. The number of hydrogen-bond acceptors (Lipinski definition) is 2. The van der Waals surface area contributed by atoms with Crippen molar-refractivity contribution in [3.05, 3.63) is 0 Å². The zero-order valence-corrected chi connectivity index (χ0v) is 8.62. The van der Waals surface area contributed by atoms with Crippen LogP contribution in [0.3, 0.4) is 0 Å². The van der Waals surface area contributed by atoms with Crippen molar-refractivity contribution in [2.24, 2.45) is 0 Å². The molecule has 1 N–H and O–H groups in total. The van der Waals surface area contributed by atoms with Gasteiger partial charge in [-0.3, -0.25) is 4.79 Å². The third-order valence-corrected chi connectivity index (χ3v) is 2.51. The Bertz CT molecular complexity index is 253. The van der Waals surface area contributed by atoms with E-state index in [1.54, 1.807) is 11.8 Å². The number of likely N-dealkylation sites (tertiary alicyclic amines) is 1. The highest BCUT2D eigenvalue weighted by atomic mass is 16.3. The topological polar surface area (TPSA) is 40.5 Å². The Kier molecular flexibility index (Phi) is 3.54. The predicted octanol–water partition coefficient (Wildman–Crippen LogP) is 0.773. The first kappa shape index (κ1) is 11.1. The number of aliphatic hydroxyl groups is 1. The molecule has 0 spiro atoms. The van der Waals surface area contributed by atoms with E-state index in [9.17, 15) is 9.90 Å². The minimum atomic E-state index is -0.718. The number of terminal acetylenes is 1. The number of hydrogen-bond donors (Lipinski definition) is 1. The molecule has 0 aromatic carbocycles. The number of nitrogens with zero attached hydrogens (tertiary/aromatic N) is 1. The maximum absolute atomic E-state index is 11.6. The van der Waals surface area contributed by atoms with Crippen molar-refractivity contribution in [2.75, 3.05) is 13.1 Å². The van der Waals surface area contributed by atoms with E-state index < -0.39 is 5.60 Å². The van der Waals surface area contributed by atoms with E-state index in [-0.39, 0.29) is 5.91 Å². The van der Waals surface area contributed by atoms with E-state index in [2.05, 4.69) is 5.92 Å². The molecule has 0 aromatic heterocycles. The smallest absolute Gasteiger partial charge is 0.223 e. The first-order valence-corrected chi connectivity index (χ1v) is 4.99. The van der Waals surface area contributed by atoms with Crippen LogP contribution in [0, 0.1) is 12.3 Å². The second-order valence-corrected chi connectivity index (χ2v) is 4.12. The minimum Gasteiger partial charge on any atom is -0.388 e. The molecule has 1 unspecified atom stereocenters. The van der Waals surface area contributed by atoms with Crippen LogP contribution >= 0.6 is 0 Å². The maximum Gasteiger partial charge on any atom is 0.223 e. The van der Waals surface area contributed by atoms with Crippen LogP contribution in [0.5, 0.6) is 0 Å². The highest BCUT2D eigenvalue weighted by molar-refractivity contribution is 5.76. The fourth-order valence-electron chi connectivity index (χ4n) is 1.77. The molecule has 3 nitrogen and oxygen atoms in total. The lowest BCUT2D eigenvalue weighted by atomic mass is 9.95. The standard InChI is InChI=1S/C11H17NO2/c1-3-4-6-10(13)12-8-5-7-11(2,14)9-12/h1,14H,4-9H2,2H3. The van der Waals surface area contributed by atoms with Gasteiger partial charge in [-0.2, -0.15) is 0 Å². The average molecular weight is 195 g/mol. The van der Waals surface area contributed by atoms with Crippen molar-refractivity contribution in [1.82, 2.24) is 4.90 Å². The first-order chi connectivity index (χ1) is 6.55. The van der Waals surface area contributed by atoms with Crippen molar-refractivity contribution in [1.29, 1.82) is 0 Å². The van der Waals surface area contributed by atoms with Crippen LogP contribution in [0.2, 0.25) is 0 Å². The monoisotopic (exact) mass is 195 g/mol. The molecule has 0 radical (unpaired) electrons. The molecule has 1 fully saturated rings. The van der Waals surface area contributed by atoms with Crippen molar-refractivity contribution in [3.63, 3.8) is 0 Å². The number of piperidine rings is 1. The quantitative estimate of drug-likeness (QED) is 0.661. The molecule has 1 saturated heterocycles. The molecular formula is C11H17NO2. The maximum atomic E-state index is 11.6. The molecule has 0 aliphatic carbocycles. The van der Waals surface area contributed by atoms with Gasteiger partial charge >= 0.3 is 0 Å². The van der Waals surface area contributed by atoms with Gasteiger partial charge in [0.25, 0.3) is 0 Å². The Hall–Kier alpha value is -1.01. The largest absolute Gasteiger partial charge is 0.388 e. The molecule has 3 heteroatoms. The molecule has 14 heavy (non-hydrogen) atoms. The molecule has 1 aliphatic heterocycles. The molecule has 1 aliphatic rings. The van der Waals surface area contributed by atoms with Crippen LogP contribution in [0.4, 0.5) is 0 Å². The summed E-state index contributed by atoms with van der Waals surface area (Å²) in [6, 6.07) is 0. The normalized spacial score (nSPS) is 27.1. The molecule has 0 saturated carbocycles. The van der Waals surface area contributed by atoms with E-state index in [4.69, 9.17) is 6.42 Å². The van der Waals surface area contributed by atoms with Crippen LogP contribution in [-0.4, -0.2) is 34.6 Å². The summed E-state index contributed by atoms with van der Waals surface area (Å²) >= 11 is 0. The molecule has 1 heterocycles. The van der Waals surface area contributed by atoms with Crippen molar-refractivity contribution in [2.45, 2.75) is 38.2 Å². The van der Waals surface area contributed by atoms with Gasteiger partial charge < -0.3 is 10.0 Å². The zero-order valence-electron chi connectivity index (χ0n) is 8.62. The molecule has 1 rings (SSSR count). The van der Waals surface area contributed by atoms with Crippen LogP contribution in [0.25, 0.3) is 0 Å². The minimum absolute atomic E-state index is 0.0583. The highest BCUT2D eigenvalue weighted by Crippen LogP contribution is 2.20. The summed E-state index contributed by atoms with van der Waals surface area (Å²) in [5, 5.41) is 9.78. The van der Waals surface area contributed by atoms with Crippen molar-refractivity contribution >= 4 is 5.91 Å². The van der Waals surface area contributed by atoms with Gasteiger partial charge in [-0.25, -0.2) is 0 Å². The Balaban J connectivity index is 2.44. The van der Waals surface area contributed by atoms with Crippen molar-refractivity contribution in [3.8, 4) is 12.3 Å². The number of carbonyl (C=O) groups excluding carboxylic acids is 1. The Morgan fingerprint density at radius 3 is 3.00 bits per heavy atom. The van der Waals surface area contributed by atoms with Crippen LogP contribution in [-0.2, 0) is 4.79 Å². The average Bonchev–Trinajstić information content (AvgIpc) is 2.12. The third kappa shape index (κ3) is 3.04. The van der Waals surface area contributed by atoms with Gasteiger partial charge in [0.2, 0.25) is 5.91 Å². The molecule has 0 aromatic rings. The van der Waals surface area contributed by atoms with Crippen LogP contribution in [0.1, 0.15) is 32.6 Å². The van der Waals surface area contributed by atoms with Gasteiger partial charge in [0, 0.05) is 25.9 Å². The SMILES string of the molecule is C#CCCC(=O)N1CCCC(C)(O)C1. The summed E-state index contributed by atoms with van der Waals surface area (Å²) < 4.78 is 0. The third-order valence-electron chi connectivity index (χ3n) is 2.51. The van der Waals surface area contributed by atoms with E-state index >= 15 is 0 Å². The van der Waals surface area contributed by atoms with Gasteiger partial charge in [-0.05, 0) is 19.8 Å². The second-order valence-electron chi connectivity index (χ2n) is 4.12. The Labute approximate surface area is 85.1 Å². The molecular weight excluding hydrogens is 178 g/mol. The lowest BCUT2D eigenvalue weighted by Gasteiger charge is -2.36. The first-order valence-electron chi connectivity index (χ1n) is 4.99. The number of rotatable bonds is 2. The number of amides is 1. The lowest BCUT2D eigenvalue weighted by molar-refractivity contribution is -0.137. The summed E-state index contributed by atoms with van der Waals surface area (Å²) in [6.45, 7) is 2.96. The second kappa shape index (κ2) is 4.47. The van der Waals surface area contributed by atoms with Crippen LogP contribution in [0.15, 0.2) is 0 Å². The summed E-state index contributed by atoms with van der Waals surface area (Å²) in [5.74, 6) is 2.51. The Morgan fingerprint density at radius 1 is 1.71 bits per heavy atom. The lowest BCUT2D eigenvalue weighted by Crippen LogP contribution is -2.48. The van der Waals surface area contributed by atoms with Gasteiger partial charge in [0.15, 0.2) is 0 Å². The summed E-state index contributed by atoms with van der Waals surface area (Å²) in [4.78, 5) is 13.3. The molecule has 0 bridgehead atoms. The van der Waals surface area contributed by atoms with Gasteiger partial charge in [0.05, 0.1) is 5.60 Å². The summed E-state index contributed by atoms with van der Waals surface area (Å²) in [7, 11) is 0. The Morgan fingerprint density at radius 2 is 2.43 bits per heavy atom. The van der Waals surface area contributed by atoms with E-state index in [0.717, 1.165) is 19.4 Å². The van der Waals surface area contributed by atoms with E-state index in [1.165, 1.54) is 0 Å². The summed E-state index contributed by atoms with van der Waals surface area (Å²) in [6.07, 6.45) is 7.61. The molecule has 1 atom stereocenters. The van der Waals surface area contributed by atoms with Gasteiger partial charge in [0.1, 0.15) is 0 Å². The predicted molar refractivity (Wildman–Crippen MR) is 54.5 cm³/mol. The molecule has 78 valence electrons. The number of carbonyl (C=O) groups is 1. The van der Waals surface area contributed by atoms with Gasteiger partial charge in [-0.1, -0.05) is 0 Å². The fraction of sp³-hybridized carbons (Fsp3) is 0.727. The molecule has 1 amide bonds. The van der Waals surface area contributed by atoms with E-state index in [0.29, 0.717) is 19.4 Å². The zero-order chi connectivity index (χ0) is 10.6. The van der Waals surface area contributed by atoms with E-state index in [1.807, 2.05) is 0 Å². The number of β-amino-alcohol motifs (C(OH)–C–C–N with tert-alkyl or cyclic N) is 1. The van der Waals surface area contributed by atoms with Crippen LogP contribution < -0.4 is 0 Å². The summed E-state index contributed by atoms with van der Waals surface area (Å²) in [5.41, 5.74) is -0.718.